The van der Waals surface area contributed by atoms with Crippen molar-refractivity contribution in [3.05, 3.63) is 264 Å². The smallest absolute Gasteiger partial charge is 0.0567 e. The molecular formula is C58H40N2. The van der Waals surface area contributed by atoms with Crippen molar-refractivity contribution in [2.24, 2.45) is 0 Å². The van der Waals surface area contributed by atoms with Gasteiger partial charge in [0.25, 0.3) is 0 Å². The van der Waals surface area contributed by atoms with E-state index in [9.17, 15) is 0 Å². The molecule has 0 bridgehead atoms. The van der Waals surface area contributed by atoms with Crippen molar-refractivity contribution < 1.29 is 0 Å². The van der Waals surface area contributed by atoms with E-state index in [0.717, 1.165) is 34.1 Å². The first kappa shape index (κ1) is 34.4. The first-order chi connectivity index (χ1) is 29.8. The van der Waals surface area contributed by atoms with Gasteiger partial charge in [-0.1, -0.05) is 164 Å². The number of hydrogen-bond acceptors (Lipinski definition) is 2. The van der Waals surface area contributed by atoms with Crippen LogP contribution in [0.1, 0.15) is 33.7 Å². The number of nitrogens with zero attached hydrogens (tertiary/aromatic N) is 2. The van der Waals surface area contributed by atoms with E-state index in [1.807, 2.05) is 0 Å². The Balaban J connectivity index is 1.23. The average molecular weight is 765 g/mol. The van der Waals surface area contributed by atoms with Gasteiger partial charge in [-0.3, -0.25) is 0 Å². The summed E-state index contributed by atoms with van der Waals surface area (Å²) in [5.74, 6) is -0.0000894. The number of para-hydroxylation sites is 4. The molecule has 0 spiro atoms. The molecule has 0 saturated heterocycles. The summed E-state index contributed by atoms with van der Waals surface area (Å²) in [5, 5.41) is 5.23. The van der Waals surface area contributed by atoms with E-state index < -0.39 is 5.41 Å². The third-order valence-electron chi connectivity index (χ3n) is 12.9. The van der Waals surface area contributed by atoms with Crippen LogP contribution in [0.25, 0.3) is 32.7 Å². The Bertz CT molecular complexity index is 3070. The Kier molecular flexibility index (Phi) is 7.86. The largest absolute Gasteiger partial charge is 0.310 e. The molecule has 1 atom stereocenters. The van der Waals surface area contributed by atoms with Crippen LogP contribution in [0, 0.1) is 0 Å². The molecule has 2 nitrogen and oxygen atoms in total. The van der Waals surface area contributed by atoms with Crippen molar-refractivity contribution in [1.29, 1.82) is 0 Å². The fraction of sp³-hybridized carbons (Fsp3) is 0.0345. The number of fused-ring (bicyclic) bond motifs is 6. The molecule has 10 aromatic rings. The van der Waals surface area contributed by atoms with Crippen LogP contribution in [0.5, 0.6) is 0 Å². The maximum Gasteiger partial charge on any atom is 0.0567 e. The Morgan fingerprint density at radius 2 is 0.767 bits per heavy atom. The van der Waals surface area contributed by atoms with E-state index in [1.165, 1.54) is 60.5 Å². The molecule has 10 aromatic carbocycles. The second-order valence-corrected chi connectivity index (χ2v) is 16.0. The predicted molar refractivity (Wildman–Crippen MR) is 251 cm³/mol. The van der Waals surface area contributed by atoms with Crippen molar-refractivity contribution >= 4 is 55.7 Å². The van der Waals surface area contributed by atoms with Crippen LogP contribution >= 0.6 is 0 Å². The van der Waals surface area contributed by atoms with Crippen LogP contribution in [0.4, 0.5) is 34.1 Å². The standard InChI is InChI=1S/C58H40N2/c1-7-21-40(22-8-1)58(41-23-9-2-10-24-41)53-39-47(60(44-29-15-5-16-30-44)45-31-17-6-18-32-45)38-51-48-33-19-20-34-49(48)54-50-36-35-46(37-52(50)57(58)56(54)55(51)53)59(42-25-11-3-12-26-42)43-27-13-4-14-28-43/h1-39,57H. The van der Waals surface area contributed by atoms with Gasteiger partial charge >= 0.3 is 0 Å². The number of rotatable bonds is 8. The van der Waals surface area contributed by atoms with E-state index in [-0.39, 0.29) is 5.92 Å². The molecule has 282 valence electrons. The van der Waals surface area contributed by atoms with E-state index in [4.69, 9.17) is 0 Å². The fourth-order valence-corrected chi connectivity index (χ4v) is 10.7. The van der Waals surface area contributed by atoms with Gasteiger partial charge in [-0.15, -0.1) is 0 Å². The lowest BCUT2D eigenvalue weighted by atomic mass is 9.63. The second-order valence-electron chi connectivity index (χ2n) is 16.0. The van der Waals surface area contributed by atoms with Crippen molar-refractivity contribution in [2.45, 2.75) is 11.3 Å². The lowest BCUT2D eigenvalue weighted by molar-refractivity contribution is 0.571. The molecule has 0 radical (unpaired) electrons. The molecule has 0 amide bonds. The van der Waals surface area contributed by atoms with Crippen molar-refractivity contribution in [3.8, 4) is 11.1 Å². The zero-order chi connectivity index (χ0) is 39.6. The summed E-state index contributed by atoms with van der Waals surface area (Å²) in [7, 11) is 0. The molecule has 0 aliphatic heterocycles. The van der Waals surface area contributed by atoms with Crippen LogP contribution in [0.2, 0.25) is 0 Å². The second kappa shape index (κ2) is 13.7. The minimum atomic E-state index is -0.557. The lowest BCUT2D eigenvalue weighted by Crippen LogP contribution is -2.33. The molecule has 12 rings (SSSR count). The van der Waals surface area contributed by atoms with Gasteiger partial charge in [0.2, 0.25) is 0 Å². The number of anilines is 6. The van der Waals surface area contributed by atoms with Gasteiger partial charge < -0.3 is 9.80 Å². The van der Waals surface area contributed by atoms with E-state index in [2.05, 4.69) is 246 Å². The third kappa shape index (κ3) is 5.01. The fourth-order valence-electron chi connectivity index (χ4n) is 10.7. The minimum Gasteiger partial charge on any atom is -0.310 e. The summed E-state index contributed by atoms with van der Waals surface area (Å²) in [6, 6.07) is 87.2. The summed E-state index contributed by atoms with van der Waals surface area (Å²) in [6.07, 6.45) is 0. The molecule has 60 heavy (non-hydrogen) atoms. The van der Waals surface area contributed by atoms with Gasteiger partial charge in [-0.2, -0.15) is 0 Å². The third-order valence-corrected chi connectivity index (χ3v) is 12.9. The Hall–Kier alpha value is -7.68. The Labute approximate surface area is 350 Å². The minimum absolute atomic E-state index is 0.0000894. The molecule has 0 fully saturated rings. The van der Waals surface area contributed by atoms with Gasteiger partial charge in [-0.25, -0.2) is 0 Å². The number of hydrogen-bond donors (Lipinski definition) is 0. The van der Waals surface area contributed by atoms with Crippen LogP contribution in [-0.2, 0) is 5.41 Å². The van der Waals surface area contributed by atoms with Gasteiger partial charge in [0, 0.05) is 40.0 Å². The molecular weight excluding hydrogens is 725 g/mol. The summed E-state index contributed by atoms with van der Waals surface area (Å²) in [6.45, 7) is 0. The molecule has 2 aliphatic rings. The predicted octanol–water partition coefficient (Wildman–Crippen LogP) is 15.4. The van der Waals surface area contributed by atoms with Gasteiger partial charge in [0.1, 0.15) is 0 Å². The molecule has 0 N–H and O–H groups in total. The summed E-state index contributed by atoms with van der Waals surface area (Å²) in [5.41, 5.74) is 15.6. The zero-order valence-electron chi connectivity index (χ0n) is 33.0. The van der Waals surface area contributed by atoms with Crippen LogP contribution in [0.15, 0.2) is 237 Å². The maximum atomic E-state index is 2.53. The monoisotopic (exact) mass is 764 g/mol. The number of benzene rings is 10. The normalized spacial score (nSPS) is 14.3. The SMILES string of the molecule is c1ccc(N(c2ccccc2)c2ccc3c(c2)C2c4c-3c3ccccc3c3cc(N(c5ccccc5)c5ccccc5)cc(c43)C2(c2ccccc2)c2ccccc2)cc1. The summed E-state index contributed by atoms with van der Waals surface area (Å²) >= 11 is 0. The first-order valence-electron chi connectivity index (χ1n) is 20.9. The van der Waals surface area contributed by atoms with Crippen LogP contribution < -0.4 is 9.80 Å². The van der Waals surface area contributed by atoms with E-state index >= 15 is 0 Å². The molecule has 2 heteroatoms. The highest BCUT2D eigenvalue weighted by Crippen LogP contribution is 2.68. The maximum absolute atomic E-state index is 2.53. The highest BCUT2D eigenvalue weighted by Gasteiger charge is 2.55. The van der Waals surface area contributed by atoms with Gasteiger partial charge in [-0.05, 0) is 133 Å². The Morgan fingerprint density at radius 3 is 1.27 bits per heavy atom. The summed E-state index contributed by atoms with van der Waals surface area (Å²) in [4.78, 5) is 4.84. The van der Waals surface area contributed by atoms with Gasteiger partial charge in [0.05, 0.1) is 5.41 Å². The molecule has 0 saturated carbocycles. The van der Waals surface area contributed by atoms with Crippen molar-refractivity contribution in [3.63, 3.8) is 0 Å². The quantitative estimate of drug-likeness (QED) is 0.142. The van der Waals surface area contributed by atoms with Gasteiger partial charge in [0.15, 0.2) is 0 Å². The van der Waals surface area contributed by atoms with Crippen LogP contribution in [0.3, 0.4) is 0 Å². The lowest BCUT2D eigenvalue weighted by Gasteiger charge is -2.39. The molecule has 2 aliphatic carbocycles. The zero-order valence-corrected chi connectivity index (χ0v) is 33.0. The van der Waals surface area contributed by atoms with Crippen LogP contribution in [-0.4, -0.2) is 0 Å². The summed E-state index contributed by atoms with van der Waals surface area (Å²) < 4.78 is 0. The van der Waals surface area contributed by atoms with Crippen molar-refractivity contribution in [2.75, 3.05) is 9.80 Å². The topological polar surface area (TPSA) is 6.48 Å². The highest BCUT2D eigenvalue weighted by molar-refractivity contribution is 6.21. The van der Waals surface area contributed by atoms with E-state index in [0.29, 0.717) is 0 Å². The highest BCUT2D eigenvalue weighted by atomic mass is 15.1. The average Bonchev–Trinajstić information content (AvgIpc) is 3.82. The molecule has 0 aromatic heterocycles. The molecule has 1 unspecified atom stereocenters. The molecule has 0 heterocycles. The first-order valence-corrected chi connectivity index (χ1v) is 20.9. The Morgan fingerprint density at radius 1 is 0.333 bits per heavy atom. The van der Waals surface area contributed by atoms with E-state index in [1.54, 1.807) is 0 Å². The van der Waals surface area contributed by atoms with Crippen molar-refractivity contribution in [1.82, 2.24) is 0 Å².